The first kappa shape index (κ1) is 16.6. The van der Waals surface area contributed by atoms with Gasteiger partial charge in [-0.3, -0.25) is 13.9 Å². The molecule has 7 nitrogen and oxygen atoms in total. The molecule has 7 heteroatoms. The molecule has 1 aromatic rings. The minimum absolute atomic E-state index is 0.329. The molecule has 0 aliphatic heterocycles. The summed E-state index contributed by atoms with van der Waals surface area (Å²) in [5, 5.41) is 13.2. The average Bonchev–Trinajstić information content (AvgIpc) is 2.31. The first-order valence-electron chi connectivity index (χ1n) is 6.48. The van der Waals surface area contributed by atoms with Crippen molar-refractivity contribution in [2.75, 3.05) is 27.2 Å². The lowest BCUT2D eigenvalue weighted by Crippen LogP contribution is -2.46. The van der Waals surface area contributed by atoms with E-state index in [1.54, 1.807) is 14.0 Å². The Hall–Kier alpha value is -1.44. The predicted octanol–water partition coefficient (Wildman–Crippen LogP) is -1.51. The van der Waals surface area contributed by atoms with Crippen molar-refractivity contribution in [1.82, 2.24) is 19.4 Å². The van der Waals surface area contributed by atoms with Crippen LogP contribution in [0.25, 0.3) is 0 Å². The number of aromatic nitrogens is 2. The van der Waals surface area contributed by atoms with Crippen LogP contribution in [0, 0.1) is 0 Å². The zero-order valence-corrected chi connectivity index (χ0v) is 12.8. The van der Waals surface area contributed by atoms with Gasteiger partial charge in [0.15, 0.2) is 0 Å². The second-order valence-electron chi connectivity index (χ2n) is 5.71. The number of likely N-dealkylation sites (N-methyl/N-ethyl adjacent to an activating group) is 1. The van der Waals surface area contributed by atoms with Crippen molar-refractivity contribution in [3.05, 3.63) is 32.6 Å². The van der Waals surface area contributed by atoms with Gasteiger partial charge in [-0.05, 0) is 21.0 Å². The van der Waals surface area contributed by atoms with Gasteiger partial charge in [0, 0.05) is 45.5 Å². The SMILES string of the molecule is CN(C)CC(C)(O)CNCc1cc(=O)n(C)c(=O)n1C. The Labute approximate surface area is 118 Å². The summed E-state index contributed by atoms with van der Waals surface area (Å²) in [6.07, 6.45) is 0. The summed E-state index contributed by atoms with van der Waals surface area (Å²) in [5.74, 6) is 0. The Morgan fingerprint density at radius 2 is 1.90 bits per heavy atom. The fraction of sp³-hybridized carbons (Fsp3) is 0.692. The minimum Gasteiger partial charge on any atom is -0.388 e. The number of nitrogens with zero attached hydrogens (tertiary/aromatic N) is 3. The molecule has 0 fully saturated rings. The van der Waals surface area contributed by atoms with Gasteiger partial charge in [-0.1, -0.05) is 0 Å². The third-order valence-electron chi connectivity index (χ3n) is 3.09. The van der Waals surface area contributed by atoms with Crippen molar-refractivity contribution >= 4 is 0 Å². The van der Waals surface area contributed by atoms with Crippen LogP contribution in [0.5, 0.6) is 0 Å². The van der Waals surface area contributed by atoms with E-state index >= 15 is 0 Å². The molecule has 0 aliphatic carbocycles. The van der Waals surface area contributed by atoms with Crippen LogP contribution in [0.15, 0.2) is 15.7 Å². The lowest BCUT2D eigenvalue weighted by molar-refractivity contribution is 0.0334. The van der Waals surface area contributed by atoms with Crippen LogP contribution in [-0.4, -0.2) is 51.9 Å². The number of nitrogens with one attached hydrogen (secondary N) is 1. The number of aliphatic hydroxyl groups is 1. The van der Waals surface area contributed by atoms with Gasteiger partial charge in [0.25, 0.3) is 5.56 Å². The molecule has 1 aromatic heterocycles. The molecule has 0 aliphatic rings. The number of hydrogen-bond donors (Lipinski definition) is 2. The maximum absolute atomic E-state index is 11.8. The van der Waals surface area contributed by atoms with E-state index in [4.69, 9.17) is 0 Å². The Bertz CT molecular complexity index is 572. The summed E-state index contributed by atoms with van der Waals surface area (Å²) in [6, 6.07) is 1.43. The van der Waals surface area contributed by atoms with Crippen LogP contribution in [0.1, 0.15) is 12.6 Å². The smallest absolute Gasteiger partial charge is 0.330 e. The maximum atomic E-state index is 11.8. The predicted molar refractivity (Wildman–Crippen MR) is 77.8 cm³/mol. The Morgan fingerprint density at radius 1 is 1.30 bits per heavy atom. The van der Waals surface area contributed by atoms with Crippen LogP contribution < -0.4 is 16.6 Å². The summed E-state index contributed by atoms with van der Waals surface area (Å²) < 4.78 is 2.49. The third kappa shape index (κ3) is 4.29. The highest BCUT2D eigenvalue weighted by atomic mass is 16.3. The van der Waals surface area contributed by atoms with Crippen molar-refractivity contribution in [3.8, 4) is 0 Å². The van der Waals surface area contributed by atoms with Gasteiger partial charge in [-0.2, -0.15) is 0 Å². The van der Waals surface area contributed by atoms with E-state index in [2.05, 4.69) is 5.32 Å². The second kappa shape index (κ2) is 6.34. The van der Waals surface area contributed by atoms with E-state index < -0.39 is 5.60 Å². The van der Waals surface area contributed by atoms with Gasteiger partial charge in [0.1, 0.15) is 0 Å². The van der Waals surface area contributed by atoms with Crippen LogP contribution >= 0.6 is 0 Å². The van der Waals surface area contributed by atoms with Gasteiger partial charge in [-0.25, -0.2) is 4.79 Å². The third-order valence-corrected chi connectivity index (χ3v) is 3.09. The maximum Gasteiger partial charge on any atom is 0.330 e. The largest absolute Gasteiger partial charge is 0.388 e. The van der Waals surface area contributed by atoms with E-state index in [-0.39, 0.29) is 11.2 Å². The molecule has 0 amide bonds. The summed E-state index contributed by atoms with van der Waals surface area (Å²) in [5.41, 5.74) is -0.958. The molecule has 2 N–H and O–H groups in total. The quantitative estimate of drug-likeness (QED) is 0.664. The molecule has 0 spiro atoms. The number of hydrogen-bond acceptors (Lipinski definition) is 5. The van der Waals surface area contributed by atoms with Crippen molar-refractivity contribution in [3.63, 3.8) is 0 Å². The highest BCUT2D eigenvalue weighted by Crippen LogP contribution is 2.03. The second-order valence-corrected chi connectivity index (χ2v) is 5.71. The Balaban J connectivity index is 2.73. The van der Waals surface area contributed by atoms with Gasteiger partial charge in [0.2, 0.25) is 0 Å². The van der Waals surface area contributed by atoms with E-state index in [0.29, 0.717) is 25.3 Å². The molecule has 0 radical (unpaired) electrons. The van der Waals surface area contributed by atoms with Crippen LogP contribution in [-0.2, 0) is 20.6 Å². The van der Waals surface area contributed by atoms with Gasteiger partial charge in [0.05, 0.1) is 5.60 Å². The molecule has 1 atom stereocenters. The first-order valence-corrected chi connectivity index (χ1v) is 6.48. The van der Waals surface area contributed by atoms with Gasteiger partial charge in [-0.15, -0.1) is 0 Å². The number of rotatable bonds is 6. The van der Waals surface area contributed by atoms with E-state index in [1.165, 1.54) is 17.7 Å². The highest BCUT2D eigenvalue weighted by Gasteiger charge is 2.20. The molecule has 1 unspecified atom stereocenters. The summed E-state index contributed by atoms with van der Waals surface area (Å²) in [7, 11) is 6.85. The van der Waals surface area contributed by atoms with Crippen molar-refractivity contribution < 1.29 is 5.11 Å². The van der Waals surface area contributed by atoms with Crippen molar-refractivity contribution in [2.45, 2.75) is 19.1 Å². The van der Waals surface area contributed by atoms with Gasteiger partial charge < -0.3 is 15.3 Å². The molecule has 0 bridgehead atoms. The van der Waals surface area contributed by atoms with Crippen LogP contribution in [0.2, 0.25) is 0 Å². The van der Waals surface area contributed by atoms with E-state index in [1.807, 2.05) is 19.0 Å². The highest BCUT2D eigenvalue weighted by molar-refractivity contribution is 5.02. The van der Waals surface area contributed by atoms with Crippen molar-refractivity contribution in [2.24, 2.45) is 14.1 Å². The molecule has 1 rings (SSSR count). The molecule has 0 saturated heterocycles. The normalized spacial score (nSPS) is 14.6. The Morgan fingerprint density at radius 3 is 2.45 bits per heavy atom. The molecule has 20 heavy (non-hydrogen) atoms. The molecule has 0 saturated carbocycles. The monoisotopic (exact) mass is 284 g/mol. The fourth-order valence-corrected chi connectivity index (χ4v) is 2.14. The van der Waals surface area contributed by atoms with Gasteiger partial charge >= 0.3 is 5.69 Å². The minimum atomic E-state index is -0.873. The molecule has 114 valence electrons. The lowest BCUT2D eigenvalue weighted by Gasteiger charge is -2.27. The van der Waals surface area contributed by atoms with Crippen molar-refractivity contribution in [1.29, 1.82) is 0 Å². The van der Waals surface area contributed by atoms with E-state index in [9.17, 15) is 14.7 Å². The summed E-state index contributed by atoms with van der Waals surface area (Å²) in [4.78, 5) is 25.2. The zero-order valence-electron chi connectivity index (χ0n) is 12.8. The molecule has 1 heterocycles. The molecular formula is C13H24N4O3. The lowest BCUT2D eigenvalue weighted by atomic mass is 10.1. The molecule has 0 aromatic carbocycles. The summed E-state index contributed by atoms with van der Waals surface area (Å²) >= 11 is 0. The van der Waals surface area contributed by atoms with Crippen LogP contribution in [0.3, 0.4) is 0 Å². The zero-order chi connectivity index (χ0) is 15.5. The summed E-state index contributed by atoms with van der Waals surface area (Å²) in [6.45, 7) is 2.98. The van der Waals surface area contributed by atoms with Crippen LogP contribution in [0.4, 0.5) is 0 Å². The molecular weight excluding hydrogens is 260 g/mol. The Kier molecular flexibility index (Phi) is 5.27. The average molecular weight is 284 g/mol. The topological polar surface area (TPSA) is 79.5 Å². The fourth-order valence-electron chi connectivity index (χ4n) is 2.14. The standard InChI is InChI=1S/C13H24N4O3/c1-13(20,9-15(2)3)8-14-7-10-6-11(18)17(5)12(19)16(10)4/h6,14,20H,7-9H2,1-5H3. The first-order chi connectivity index (χ1) is 9.14. The van der Waals surface area contributed by atoms with E-state index in [0.717, 1.165) is 4.57 Å².